The van der Waals surface area contributed by atoms with E-state index in [2.05, 4.69) is 10.7 Å². The van der Waals surface area contributed by atoms with Crippen molar-refractivity contribution in [3.8, 4) is 11.5 Å². The van der Waals surface area contributed by atoms with Crippen molar-refractivity contribution in [3.05, 3.63) is 53.1 Å². The van der Waals surface area contributed by atoms with Gasteiger partial charge in [-0.3, -0.25) is 25.1 Å². The van der Waals surface area contributed by atoms with Crippen LogP contribution in [0, 0.1) is 0 Å². The molecule has 0 spiro atoms. The number of carbonyl (C=O) groups is 3. The van der Waals surface area contributed by atoms with Crippen LogP contribution in [0.5, 0.6) is 11.5 Å². The monoisotopic (exact) mass is 403 g/mol. The van der Waals surface area contributed by atoms with E-state index in [1.165, 1.54) is 18.2 Å². The number of ether oxygens (including phenoxy) is 2. The molecule has 2 aromatic carbocycles. The zero-order valence-corrected chi connectivity index (χ0v) is 15.0. The van der Waals surface area contributed by atoms with Gasteiger partial charge in [-0.1, -0.05) is 0 Å². The SMILES string of the molecule is O=C(NNS(=O)(=O)c1ccc2c(c1)C(=O)NC2=O)c1ccc2c(c1)OCCO2. The molecule has 2 aliphatic heterocycles. The molecule has 2 aromatic rings. The fourth-order valence-corrected chi connectivity index (χ4v) is 3.61. The molecule has 144 valence electrons. The van der Waals surface area contributed by atoms with E-state index in [1.807, 2.05) is 4.83 Å². The Morgan fingerprint density at radius 3 is 2.43 bits per heavy atom. The smallest absolute Gasteiger partial charge is 0.266 e. The van der Waals surface area contributed by atoms with Crippen molar-refractivity contribution in [3.63, 3.8) is 0 Å². The van der Waals surface area contributed by atoms with E-state index in [-0.39, 0.29) is 21.6 Å². The van der Waals surface area contributed by atoms with Crippen LogP contribution >= 0.6 is 0 Å². The van der Waals surface area contributed by atoms with Crippen LogP contribution < -0.4 is 25.0 Å². The highest BCUT2D eigenvalue weighted by molar-refractivity contribution is 7.89. The molecule has 0 saturated heterocycles. The summed E-state index contributed by atoms with van der Waals surface area (Å²) in [4.78, 5) is 37.1. The molecule has 0 radical (unpaired) electrons. The molecule has 2 aliphatic rings. The first-order chi connectivity index (χ1) is 13.3. The van der Waals surface area contributed by atoms with Crippen molar-refractivity contribution in [1.82, 2.24) is 15.6 Å². The van der Waals surface area contributed by atoms with Crippen molar-refractivity contribution in [2.75, 3.05) is 13.2 Å². The Bertz CT molecular complexity index is 1130. The standard InChI is InChI=1S/C17H13N3O7S/c21-15(9-1-4-13-14(7-9)27-6-5-26-13)19-20-28(24,25)10-2-3-11-12(8-10)17(23)18-16(11)22/h1-4,7-8,20H,5-6H2,(H,19,21)(H,18,22,23). The first kappa shape index (κ1) is 17.9. The van der Waals surface area contributed by atoms with Crippen LogP contribution in [-0.2, 0) is 10.0 Å². The first-order valence-electron chi connectivity index (χ1n) is 8.07. The number of imide groups is 1. The minimum Gasteiger partial charge on any atom is -0.486 e. The van der Waals surface area contributed by atoms with Crippen LogP contribution in [0.3, 0.4) is 0 Å². The molecule has 10 nitrogen and oxygen atoms in total. The van der Waals surface area contributed by atoms with E-state index in [0.717, 1.165) is 12.1 Å². The quantitative estimate of drug-likeness (QED) is 0.481. The Kier molecular flexibility index (Phi) is 4.24. The van der Waals surface area contributed by atoms with Crippen LogP contribution in [0.2, 0.25) is 0 Å². The molecule has 3 N–H and O–H groups in total. The van der Waals surface area contributed by atoms with Gasteiger partial charge in [0.2, 0.25) is 0 Å². The van der Waals surface area contributed by atoms with Gasteiger partial charge in [0.05, 0.1) is 16.0 Å². The maximum atomic E-state index is 12.4. The highest BCUT2D eigenvalue weighted by atomic mass is 32.2. The lowest BCUT2D eigenvalue weighted by Crippen LogP contribution is -2.41. The zero-order chi connectivity index (χ0) is 19.9. The Labute approximate surface area is 158 Å². The van der Waals surface area contributed by atoms with E-state index in [9.17, 15) is 22.8 Å². The van der Waals surface area contributed by atoms with Crippen molar-refractivity contribution >= 4 is 27.7 Å². The second kappa shape index (κ2) is 6.62. The van der Waals surface area contributed by atoms with Gasteiger partial charge >= 0.3 is 0 Å². The van der Waals surface area contributed by atoms with Crippen LogP contribution in [-0.4, -0.2) is 39.4 Å². The number of hydrazine groups is 1. The summed E-state index contributed by atoms with van der Waals surface area (Å²) < 4.78 is 35.5. The summed E-state index contributed by atoms with van der Waals surface area (Å²) in [7, 11) is -4.17. The maximum absolute atomic E-state index is 12.4. The highest BCUT2D eigenvalue weighted by Gasteiger charge is 2.29. The predicted molar refractivity (Wildman–Crippen MR) is 93.5 cm³/mol. The third kappa shape index (κ3) is 3.17. The zero-order valence-electron chi connectivity index (χ0n) is 14.1. The number of rotatable bonds is 4. The minimum atomic E-state index is -4.17. The molecule has 0 aromatic heterocycles. The number of nitrogens with one attached hydrogen (secondary N) is 3. The summed E-state index contributed by atoms with van der Waals surface area (Å²) in [5, 5.41) is 2.07. The number of hydrogen-bond acceptors (Lipinski definition) is 7. The van der Waals surface area contributed by atoms with E-state index in [0.29, 0.717) is 24.7 Å². The maximum Gasteiger partial charge on any atom is 0.266 e. The van der Waals surface area contributed by atoms with E-state index in [1.54, 1.807) is 6.07 Å². The van der Waals surface area contributed by atoms with Crippen LogP contribution in [0.4, 0.5) is 0 Å². The molecular weight excluding hydrogens is 390 g/mol. The van der Waals surface area contributed by atoms with E-state index in [4.69, 9.17) is 9.47 Å². The van der Waals surface area contributed by atoms with Gasteiger partial charge in [0.1, 0.15) is 13.2 Å². The summed E-state index contributed by atoms with van der Waals surface area (Å²) in [6.45, 7) is 0.752. The van der Waals surface area contributed by atoms with Gasteiger partial charge in [-0.15, -0.1) is 4.83 Å². The Balaban J connectivity index is 1.50. The molecule has 0 aliphatic carbocycles. The largest absolute Gasteiger partial charge is 0.486 e. The second-order valence-electron chi connectivity index (χ2n) is 5.91. The predicted octanol–water partition coefficient (Wildman–Crippen LogP) is -0.0353. The lowest BCUT2D eigenvalue weighted by Gasteiger charge is -2.18. The molecular formula is C17H13N3O7S. The Morgan fingerprint density at radius 2 is 1.64 bits per heavy atom. The number of fused-ring (bicyclic) bond motifs is 2. The molecule has 0 fully saturated rings. The van der Waals surface area contributed by atoms with Crippen LogP contribution in [0.15, 0.2) is 41.3 Å². The van der Waals surface area contributed by atoms with Crippen molar-refractivity contribution in [2.24, 2.45) is 0 Å². The molecule has 0 bridgehead atoms. The number of carbonyl (C=O) groups excluding carboxylic acids is 3. The summed E-state index contributed by atoms with van der Waals surface area (Å²) in [6.07, 6.45) is 0. The van der Waals surface area contributed by atoms with Crippen molar-refractivity contribution in [1.29, 1.82) is 0 Å². The van der Waals surface area contributed by atoms with Gasteiger partial charge in [0, 0.05) is 5.56 Å². The molecule has 2 heterocycles. The number of amides is 3. The Morgan fingerprint density at radius 1 is 0.929 bits per heavy atom. The first-order valence-corrected chi connectivity index (χ1v) is 9.55. The average Bonchev–Trinajstić information content (AvgIpc) is 2.99. The third-order valence-corrected chi connectivity index (χ3v) is 5.37. The normalized spacial score (nSPS) is 15.0. The van der Waals surface area contributed by atoms with Gasteiger partial charge in [-0.2, -0.15) is 0 Å². The van der Waals surface area contributed by atoms with Crippen LogP contribution in [0.25, 0.3) is 0 Å². The van der Waals surface area contributed by atoms with E-state index >= 15 is 0 Å². The highest BCUT2D eigenvalue weighted by Crippen LogP contribution is 2.30. The number of sulfonamides is 1. The summed E-state index contributed by atoms with van der Waals surface area (Å²) in [5.74, 6) is -1.11. The molecule has 3 amide bonds. The number of benzene rings is 2. The molecule has 0 unspecified atom stereocenters. The third-order valence-electron chi connectivity index (χ3n) is 4.12. The minimum absolute atomic E-state index is 0.0500. The lowest BCUT2D eigenvalue weighted by atomic mass is 10.1. The van der Waals surface area contributed by atoms with Gasteiger partial charge < -0.3 is 9.47 Å². The molecule has 11 heteroatoms. The van der Waals surface area contributed by atoms with Gasteiger partial charge in [0.25, 0.3) is 27.7 Å². The Hall–Kier alpha value is -3.44. The fraction of sp³-hybridized carbons (Fsp3) is 0.118. The van der Waals surface area contributed by atoms with Crippen molar-refractivity contribution < 1.29 is 32.3 Å². The summed E-state index contributed by atoms with van der Waals surface area (Å²) in [6, 6.07) is 7.90. The van der Waals surface area contributed by atoms with E-state index < -0.39 is 27.7 Å². The summed E-state index contributed by atoms with van der Waals surface area (Å²) >= 11 is 0. The van der Waals surface area contributed by atoms with Gasteiger partial charge in [-0.05, 0) is 36.4 Å². The molecule has 4 rings (SSSR count). The van der Waals surface area contributed by atoms with Gasteiger partial charge in [-0.25, -0.2) is 8.42 Å². The van der Waals surface area contributed by atoms with Crippen LogP contribution in [0.1, 0.15) is 31.1 Å². The lowest BCUT2D eigenvalue weighted by molar-refractivity contribution is 0.0877. The van der Waals surface area contributed by atoms with Crippen molar-refractivity contribution in [2.45, 2.75) is 4.90 Å². The summed E-state index contributed by atoms with van der Waals surface area (Å²) in [5.41, 5.74) is 2.29. The topological polar surface area (TPSA) is 140 Å². The molecule has 0 saturated carbocycles. The fourth-order valence-electron chi connectivity index (χ4n) is 2.74. The average molecular weight is 403 g/mol. The number of hydrogen-bond donors (Lipinski definition) is 3. The van der Waals surface area contributed by atoms with Gasteiger partial charge in [0.15, 0.2) is 11.5 Å². The second-order valence-corrected chi connectivity index (χ2v) is 7.59. The molecule has 0 atom stereocenters. The molecule has 28 heavy (non-hydrogen) atoms.